The number of carbonyl (C=O) groups is 1. The van der Waals surface area contributed by atoms with E-state index in [0.717, 1.165) is 49.8 Å². The van der Waals surface area contributed by atoms with Crippen molar-refractivity contribution in [3.05, 3.63) is 53.7 Å². The number of carbonyl (C=O) groups excluding carboxylic acids is 1. The third-order valence-corrected chi connectivity index (χ3v) is 4.88. The molecule has 5 nitrogen and oxygen atoms in total. The number of nitrogens with zero attached hydrogens (tertiary/aromatic N) is 3. The van der Waals surface area contributed by atoms with Gasteiger partial charge in [0.15, 0.2) is 0 Å². The van der Waals surface area contributed by atoms with Gasteiger partial charge in [0.05, 0.1) is 0 Å². The molecule has 2 aromatic rings. The van der Waals surface area contributed by atoms with Crippen LogP contribution in [-0.2, 0) is 4.79 Å². The second-order valence-electron chi connectivity index (χ2n) is 6.56. The highest BCUT2D eigenvalue weighted by atomic mass is 16.1. The monoisotopic (exact) mass is 338 g/mol. The van der Waals surface area contributed by atoms with Gasteiger partial charge in [0.25, 0.3) is 0 Å². The van der Waals surface area contributed by atoms with Crippen molar-refractivity contribution in [2.24, 2.45) is 0 Å². The van der Waals surface area contributed by atoms with Crippen molar-refractivity contribution in [2.45, 2.75) is 20.3 Å². The Bertz CT molecular complexity index is 709. The lowest BCUT2D eigenvalue weighted by Crippen LogP contribution is -2.47. The van der Waals surface area contributed by atoms with Crippen molar-refractivity contribution >= 4 is 17.4 Å². The number of pyridine rings is 1. The molecule has 1 N–H and O–H groups in total. The highest BCUT2D eigenvalue weighted by molar-refractivity contribution is 5.91. The van der Waals surface area contributed by atoms with Crippen molar-refractivity contribution in [1.82, 2.24) is 9.88 Å². The molecule has 1 fully saturated rings. The van der Waals surface area contributed by atoms with Crippen LogP contribution >= 0.6 is 0 Å². The molecule has 1 aromatic heterocycles. The van der Waals surface area contributed by atoms with Gasteiger partial charge in [-0.3, -0.25) is 9.69 Å². The largest absolute Gasteiger partial charge is 0.354 e. The highest BCUT2D eigenvalue weighted by Crippen LogP contribution is 2.18. The molecule has 5 heteroatoms. The molecule has 0 atom stereocenters. The molecule has 2 heterocycles. The maximum Gasteiger partial charge on any atom is 0.225 e. The SMILES string of the molecule is Cc1cccc(NC(=O)CCN2CCN(c3ccccn3)CC2)c1C. The second-order valence-corrected chi connectivity index (χ2v) is 6.56. The summed E-state index contributed by atoms with van der Waals surface area (Å²) in [7, 11) is 0. The summed E-state index contributed by atoms with van der Waals surface area (Å²) in [6.45, 7) is 8.74. The lowest BCUT2D eigenvalue weighted by molar-refractivity contribution is -0.116. The zero-order valence-electron chi connectivity index (χ0n) is 15.0. The van der Waals surface area contributed by atoms with E-state index in [2.05, 4.69) is 33.1 Å². The van der Waals surface area contributed by atoms with Gasteiger partial charge in [-0.1, -0.05) is 18.2 Å². The van der Waals surface area contributed by atoms with Crippen LogP contribution in [0.3, 0.4) is 0 Å². The molecule has 132 valence electrons. The number of rotatable bonds is 5. The molecular formula is C20H26N4O. The fourth-order valence-corrected chi connectivity index (χ4v) is 3.10. The first kappa shape index (κ1) is 17.4. The van der Waals surface area contributed by atoms with Crippen LogP contribution in [0.5, 0.6) is 0 Å². The second kappa shape index (κ2) is 8.12. The van der Waals surface area contributed by atoms with Crippen molar-refractivity contribution in [3.63, 3.8) is 0 Å². The minimum atomic E-state index is 0.0841. The van der Waals surface area contributed by atoms with Gasteiger partial charge in [-0.15, -0.1) is 0 Å². The van der Waals surface area contributed by atoms with Gasteiger partial charge in [0.1, 0.15) is 5.82 Å². The third-order valence-electron chi connectivity index (χ3n) is 4.88. The summed E-state index contributed by atoms with van der Waals surface area (Å²) in [5.74, 6) is 1.12. The van der Waals surface area contributed by atoms with Gasteiger partial charge >= 0.3 is 0 Å². The number of benzene rings is 1. The third kappa shape index (κ3) is 4.57. The Balaban J connectivity index is 1.44. The van der Waals surface area contributed by atoms with Crippen LogP contribution in [0, 0.1) is 13.8 Å². The number of piperazine rings is 1. The molecule has 25 heavy (non-hydrogen) atoms. The van der Waals surface area contributed by atoms with Gasteiger partial charge in [-0.2, -0.15) is 0 Å². The number of aryl methyl sites for hydroxylation is 1. The van der Waals surface area contributed by atoms with Gasteiger partial charge in [-0.25, -0.2) is 4.98 Å². The number of anilines is 2. The van der Waals surface area contributed by atoms with Gasteiger partial charge in [-0.05, 0) is 43.2 Å². The summed E-state index contributed by atoms with van der Waals surface area (Å²) in [5.41, 5.74) is 3.26. The van der Waals surface area contributed by atoms with E-state index in [-0.39, 0.29) is 5.91 Å². The first-order valence-electron chi connectivity index (χ1n) is 8.88. The molecule has 0 radical (unpaired) electrons. The van der Waals surface area contributed by atoms with E-state index in [1.807, 2.05) is 43.5 Å². The first-order chi connectivity index (χ1) is 12.1. The Hall–Kier alpha value is -2.40. The van der Waals surface area contributed by atoms with Crippen LogP contribution in [0.15, 0.2) is 42.6 Å². The van der Waals surface area contributed by atoms with Crippen molar-refractivity contribution in [3.8, 4) is 0 Å². The Morgan fingerprint density at radius 3 is 2.60 bits per heavy atom. The summed E-state index contributed by atoms with van der Waals surface area (Å²) in [6, 6.07) is 12.0. The van der Waals surface area contributed by atoms with Crippen LogP contribution in [0.1, 0.15) is 17.5 Å². The number of amides is 1. The maximum atomic E-state index is 12.2. The number of hydrogen-bond acceptors (Lipinski definition) is 4. The van der Waals surface area contributed by atoms with E-state index >= 15 is 0 Å². The molecule has 1 aliphatic rings. The molecule has 0 unspecified atom stereocenters. The molecule has 0 bridgehead atoms. The van der Waals surface area contributed by atoms with Gasteiger partial charge < -0.3 is 10.2 Å². The van der Waals surface area contributed by atoms with E-state index < -0.39 is 0 Å². The molecule has 0 aliphatic carbocycles. The van der Waals surface area contributed by atoms with Crippen LogP contribution in [0.25, 0.3) is 0 Å². The van der Waals surface area contributed by atoms with E-state index in [0.29, 0.717) is 6.42 Å². The summed E-state index contributed by atoms with van der Waals surface area (Å²) in [6.07, 6.45) is 2.36. The fraction of sp³-hybridized carbons (Fsp3) is 0.400. The standard InChI is InChI=1S/C20H26N4O/c1-16-6-5-7-18(17(16)2)22-20(25)9-11-23-12-14-24(15-13-23)19-8-3-4-10-21-19/h3-8,10H,9,11-15H2,1-2H3,(H,22,25). The number of aromatic nitrogens is 1. The average molecular weight is 338 g/mol. The molecule has 1 aromatic carbocycles. The molecule has 0 saturated carbocycles. The van der Waals surface area contributed by atoms with E-state index in [4.69, 9.17) is 0 Å². The van der Waals surface area contributed by atoms with Crippen LogP contribution in [0.4, 0.5) is 11.5 Å². The van der Waals surface area contributed by atoms with Gasteiger partial charge in [0.2, 0.25) is 5.91 Å². The van der Waals surface area contributed by atoms with E-state index in [1.54, 1.807) is 0 Å². The van der Waals surface area contributed by atoms with Crippen LogP contribution in [-0.4, -0.2) is 48.5 Å². The Kier molecular flexibility index (Phi) is 5.66. The molecule has 3 rings (SSSR count). The summed E-state index contributed by atoms with van der Waals surface area (Å²) in [5, 5.41) is 3.04. The quantitative estimate of drug-likeness (QED) is 0.911. The van der Waals surface area contributed by atoms with Crippen molar-refractivity contribution in [1.29, 1.82) is 0 Å². The summed E-state index contributed by atoms with van der Waals surface area (Å²) in [4.78, 5) is 21.3. The van der Waals surface area contributed by atoms with Crippen molar-refractivity contribution < 1.29 is 4.79 Å². The Morgan fingerprint density at radius 2 is 1.88 bits per heavy atom. The zero-order chi connectivity index (χ0) is 17.6. The highest BCUT2D eigenvalue weighted by Gasteiger charge is 2.18. The maximum absolute atomic E-state index is 12.2. The fourth-order valence-electron chi connectivity index (χ4n) is 3.10. The zero-order valence-corrected chi connectivity index (χ0v) is 15.0. The van der Waals surface area contributed by atoms with Crippen LogP contribution < -0.4 is 10.2 Å². The molecule has 1 amide bonds. The molecule has 1 aliphatic heterocycles. The number of nitrogens with one attached hydrogen (secondary N) is 1. The van der Waals surface area contributed by atoms with Gasteiger partial charge in [0, 0.05) is 51.0 Å². The smallest absolute Gasteiger partial charge is 0.225 e. The van der Waals surface area contributed by atoms with Crippen molar-refractivity contribution in [2.75, 3.05) is 42.9 Å². The minimum Gasteiger partial charge on any atom is -0.354 e. The van der Waals surface area contributed by atoms with Crippen LogP contribution in [0.2, 0.25) is 0 Å². The lowest BCUT2D eigenvalue weighted by Gasteiger charge is -2.35. The van der Waals surface area contributed by atoms with E-state index in [1.165, 1.54) is 5.56 Å². The Morgan fingerprint density at radius 1 is 1.08 bits per heavy atom. The average Bonchev–Trinajstić information content (AvgIpc) is 2.65. The number of hydrogen-bond donors (Lipinski definition) is 1. The topological polar surface area (TPSA) is 48.5 Å². The molecule has 1 saturated heterocycles. The molecule has 0 spiro atoms. The minimum absolute atomic E-state index is 0.0841. The predicted molar refractivity (Wildman–Crippen MR) is 102 cm³/mol. The first-order valence-corrected chi connectivity index (χ1v) is 8.88. The Labute approximate surface area is 149 Å². The normalized spacial score (nSPS) is 15.2. The summed E-state index contributed by atoms with van der Waals surface area (Å²) < 4.78 is 0. The predicted octanol–water partition coefficient (Wildman–Crippen LogP) is 2.85. The lowest BCUT2D eigenvalue weighted by atomic mass is 10.1. The summed E-state index contributed by atoms with van der Waals surface area (Å²) >= 11 is 0. The van der Waals surface area contributed by atoms with E-state index in [9.17, 15) is 4.79 Å². The molecular weight excluding hydrogens is 312 g/mol.